The molecule has 19 heavy (non-hydrogen) atoms. The number of hydrogen-bond acceptors (Lipinski definition) is 3. The summed E-state index contributed by atoms with van der Waals surface area (Å²) in [5.74, 6) is 0.00551. The van der Waals surface area contributed by atoms with Crippen LogP contribution in [0, 0.1) is 5.92 Å². The maximum absolute atomic E-state index is 11.9. The first kappa shape index (κ1) is 14.0. The average molecular weight is 281 g/mol. The maximum Gasteiger partial charge on any atom is 0.238 e. The SMILES string of the molecule is O=CC1CCCN(CC(=O)Nc2ccc(Cl)cc2)C1. The van der Waals surface area contributed by atoms with E-state index in [9.17, 15) is 9.59 Å². The minimum Gasteiger partial charge on any atom is -0.325 e. The van der Waals surface area contributed by atoms with E-state index in [0.717, 1.165) is 31.4 Å². The van der Waals surface area contributed by atoms with Crippen LogP contribution in [0.15, 0.2) is 24.3 Å². The molecule has 0 saturated carbocycles. The Morgan fingerprint density at radius 2 is 2.16 bits per heavy atom. The molecule has 0 aliphatic carbocycles. The summed E-state index contributed by atoms with van der Waals surface area (Å²) in [4.78, 5) is 24.7. The fraction of sp³-hybridized carbons (Fsp3) is 0.429. The first-order chi connectivity index (χ1) is 9.17. The summed E-state index contributed by atoms with van der Waals surface area (Å²) in [6, 6.07) is 7.01. The van der Waals surface area contributed by atoms with E-state index in [4.69, 9.17) is 11.6 Å². The second-order valence-corrected chi connectivity index (χ2v) is 5.27. The molecule has 5 heteroatoms. The number of hydrogen-bond donors (Lipinski definition) is 1. The van der Waals surface area contributed by atoms with Crippen LogP contribution in [0.2, 0.25) is 5.02 Å². The Kier molecular flexibility index (Phi) is 4.93. The van der Waals surface area contributed by atoms with Gasteiger partial charge >= 0.3 is 0 Å². The van der Waals surface area contributed by atoms with Crippen LogP contribution in [0.1, 0.15) is 12.8 Å². The van der Waals surface area contributed by atoms with Crippen molar-refractivity contribution >= 4 is 29.5 Å². The number of piperidine rings is 1. The van der Waals surface area contributed by atoms with Gasteiger partial charge in [-0.2, -0.15) is 0 Å². The second kappa shape index (κ2) is 6.68. The van der Waals surface area contributed by atoms with E-state index in [1.54, 1.807) is 24.3 Å². The summed E-state index contributed by atoms with van der Waals surface area (Å²) in [6.07, 6.45) is 2.89. The van der Waals surface area contributed by atoms with Crippen LogP contribution < -0.4 is 5.32 Å². The quantitative estimate of drug-likeness (QED) is 0.860. The third kappa shape index (κ3) is 4.33. The van der Waals surface area contributed by atoms with Gasteiger partial charge in [0.15, 0.2) is 0 Å². The molecule has 4 nitrogen and oxygen atoms in total. The van der Waals surface area contributed by atoms with Crippen molar-refractivity contribution in [2.75, 3.05) is 25.0 Å². The van der Waals surface area contributed by atoms with E-state index in [-0.39, 0.29) is 11.8 Å². The van der Waals surface area contributed by atoms with E-state index in [1.807, 2.05) is 4.90 Å². The minimum atomic E-state index is -0.0612. The van der Waals surface area contributed by atoms with Crippen LogP contribution in [0.3, 0.4) is 0 Å². The van der Waals surface area contributed by atoms with Crippen LogP contribution in [-0.4, -0.2) is 36.7 Å². The van der Waals surface area contributed by atoms with Crippen molar-refractivity contribution in [1.29, 1.82) is 0 Å². The van der Waals surface area contributed by atoms with Crippen molar-refractivity contribution in [2.24, 2.45) is 5.92 Å². The fourth-order valence-electron chi connectivity index (χ4n) is 2.28. The van der Waals surface area contributed by atoms with Crippen molar-refractivity contribution in [3.05, 3.63) is 29.3 Å². The number of amides is 1. The summed E-state index contributed by atoms with van der Waals surface area (Å²) in [5.41, 5.74) is 0.735. The minimum absolute atomic E-state index is 0.0612. The molecule has 2 rings (SSSR count). The highest BCUT2D eigenvalue weighted by Gasteiger charge is 2.20. The third-order valence-corrected chi connectivity index (χ3v) is 3.48. The zero-order chi connectivity index (χ0) is 13.7. The predicted molar refractivity (Wildman–Crippen MR) is 75.3 cm³/mol. The molecular formula is C14H17ClN2O2. The summed E-state index contributed by atoms with van der Waals surface area (Å²) in [5, 5.41) is 3.46. The lowest BCUT2D eigenvalue weighted by Crippen LogP contribution is -2.40. The smallest absolute Gasteiger partial charge is 0.238 e. The Morgan fingerprint density at radius 1 is 1.42 bits per heavy atom. The predicted octanol–water partition coefficient (Wildman–Crippen LogP) is 2.19. The van der Waals surface area contributed by atoms with Gasteiger partial charge in [-0.1, -0.05) is 11.6 Å². The highest BCUT2D eigenvalue weighted by atomic mass is 35.5. The van der Waals surface area contributed by atoms with E-state index in [2.05, 4.69) is 5.32 Å². The summed E-state index contributed by atoms with van der Waals surface area (Å²) in [7, 11) is 0. The van der Waals surface area contributed by atoms with Gasteiger partial charge in [-0.25, -0.2) is 0 Å². The molecule has 1 fully saturated rings. The van der Waals surface area contributed by atoms with Crippen molar-refractivity contribution in [1.82, 2.24) is 4.90 Å². The molecule has 0 radical (unpaired) electrons. The highest BCUT2D eigenvalue weighted by Crippen LogP contribution is 2.15. The van der Waals surface area contributed by atoms with Gasteiger partial charge in [-0.05, 0) is 43.7 Å². The van der Waals surface area contributed by atoms with Crippen LogP contribution in [0.25, 0.3) is 0 Å². The second-order valence-electron chi connectivity index (χ2n) is 4.83. The normalized spacial score (nSPS) is 19.9. The lowest BCUT2D eigenvalue weighted by atomic mass is 10.00. The van der Waals surface area contributed by atoms with Crippen LogP contribution in [-0.2, 0) is 9.59 Å². The van der Waals surface area contributed by atoms with Crippen LogP contribution in [0.5, 0.6) is 0 Å². The molecule has 1 heterocycles. The van der Waals surface area contributed by atoms with E-state index >= 15 is 0 Å². The van der Waals surface area contributed by atoms with Gasteiger partial charge < -0.3 is 10.1 Å². The number of rotatable bonds is 4. The summed E-state index contributed by atoms with van der Waals surface area (Å²) < 4.78 is 0. The Labute approximate surface area is 117 Å². The van der Waals surface area contributed by atoms with Crippen LogP contribution >= 0.6 is 11.6 Å². The molecule has 1 aromatic rings. The molecule has 1 aliphatic rings. The van der Waals surface area contributed by atoms with Gasteiger partial charge in [0, 0.05) is 23.2 Å². The number of benzene rings is 1. The van der Waals surface area contributed by atoms with Crippen molar-refractivity contribution in [3.63, 3.8) is 0 Å². The van der Waals surface area contributed by atoms with Gasteiger partial charge in [0.1, 0.15) is 6.29 Å². The monoisotopic (exact) mass is 280 g/mol. The summed E-state index contributed by atoms with van der Waals surface area (Å²) in [6.45, 7) is 1.88. The molecule has 0 spiro atoms. The molecule has 1 aliphatic heterocycles. The third-order valence-electron chi connectivity index (χ3n) is 3.23. The van der Waals surface area contributed by atoms with E-state index < -0.39 is 0 Å². The van der Waals surface area contributed by atoms with Gasteiger partial charge in [0.25, 0.3) is 0 Å². The number of carbonyl (C=O) groups is 2. The van der Waals surface area contributed by atoms with Crippen LogP contribution in [0.4, 0.5) is 5.69 Å². The van der Waals surface area contributed by atoms with E-state index in [1.165, 1.54) is 0 Å². The number of nitrogens with one attached hydrogen (secondary N) is 1. The molecule has 102 valence electrons. The largest absolute Gasteiger partial charge is 0.325 e. The number of anilines is 1. The first-order valence-corrected chi connectivity index (χ1v) is 6.78. The first-order valence-electron chi connectivity index (χ1n) is 6.40. The standard InChI is InChI=1S/C14H17ClN2O2/c15-12-3-5-13(6-4-12)16-14(19)9-17-7-1-2-11(8-17)10-18/h3-6,10-11H,1-2,7-9H2,(H,16,19). The van der Waals surface area contributed by atoms with Gasteiger partial charge in [0.2, 0.25) is 5.91 Å². The Balaban J connectivity index is 1.83. The highest BCUT2D eigenvalue weighted by molar-refractivity contribution is 6.30. The molecule has 1 unspecified atom stereocenters. The topological polar surface area (TPSA) is 49.4 Å². The van der Waals surface area contributed by atoms with Gasteiger partial charge in [-0.3, -0.25) is 9.69 Å². The fourth-order valence-corrected chi connectivity index (χ4v) is 2.41. The molecule has 1 atom stereocenters. The lowest BCUT2D eigenvalue weighted by molar-refractivity contribution is -0.119. The Morgan fingerprint density at radius 3 is 2.84 bits per heavy atom. The zero-order valence-corrected chi connectivity index (χ0v) is 11.4. The van der Waals surface area contributed by atoms with Gasteiger partial charge in [0.05, 0.1) is 6.54 Å². The number of carbonyl (C=O) groups excluding carboxylic acids is 2. The van der Waals surface area contributed by atoms with E-state index in [0.29, 0.717) is 18.1 Å². The number of nitrogens with zero attached hydrogens (tertiary/aromatic N) is 1. The molecule has 1 amide bonds. The molecule has 1 aromatic carbocycles. The lowest BCUT2D eigenvalue weighted by Gasteiger charge is -2.29. The number of halogens is 1. The van der Waals surface area contributed by atoms with Crippen molar-refractivity contribution in [2.45, 2.75) is 12.8 Å². The molecule has 1 saturated heterocycles. The van der Waals surface area contributed by atoms with Gasteiger partial charge in [-0.15, -0.1) is 0 Å². The maximum atomic E-state index is 11.9. The molecular weight excluding hydrogens is 264 g/mol. The summed E-state index contributed by atoms with van der Waals surface area (Å²) >= 11 is 5.78. The average Bonchev–Trinajstić information content (AvgIpc) is 2.41. The Hall–Kier alpha value is -1.39. The zero-order valence-electron chi connectivity index (χ0n) is 10.6. The number of aldehydes is 1. The number of likely N-dealkylation sites (tertiary alicyclic amines) is 1. The van der Waals surface area contributed by atoms with Crippen molar-refractivity contribution in [3.8, 4) is 0 Å². The molecule has 0 bridgehead atoms. The van der Waals surface area contributed by atoms with Crippen molar-refractivity contribution < 1.29 is 9.59 Å². The molecule has 0 aromatic heterocycles. The molecule has 1 N–H and O–H groups in total. The Bertz CT molecular complexity index is 447.